The quantitative estimate of drug-likeness (QED) is 0.663. The molecule has 0 bridgehead atoms. The summed E-state index contributed by atoms with van der Waals surface area (Å²) >= 11 is 0. The van der Waals surface area contributed by atoms with E-state index in [4.69, 9.17) is 4.74 Å². The Morgan fingerprint density at radius 2 is 2.06 bits per heavy atom. The molecule has 5 heteroatoms. The molecule has 0 aromatic heterocycles. The summed E-state index contributed by atoms with van der Waals surface area (Å²) in [5.41, 5.74) is 0.0101. The molecule has 0 spiro atoms. The Morgan fingerprint density at radius 3 is 2.61 bits per heavy atom. The maximum atomic E-state index is 13.4. The number of benzene rings is 1. The van der Waals surface area contributed by atoms with E-state index in [1.54, 1.807) is 20.8 Å². The standard InChI is InChI=1S/C13H16FNO3/c1-4-12(16)15-11-7-9(5-6-10(11)14)18-13(17)8(2)3/h5-8H,4H2,1-3H3,(H,15,16). The number of ether oxygens (including phenoxy) is 1. The average molecular weight is 253 g/mol. The molecule has 1 N–H and O–H groups in total. The van der Waals surface area contributed by atoms with Crippen LogP contribution in [0.25, 0.3) is 0 Å². The molecular weight excluding hydrogens is 237 g/mol. The number of carbonyl (C=O) groups excluding carboxylic acids is 2. The Bertz CT molecular complexity index is 458. The molecule has 0 fully saturated rings. The summed E-state index contributed by atoms with van der Waals surface area (Å²) in [7, 11) is 0. The van der Waals surface area contributed by atoms with Crippen molar-refractivity contribution in [2.45, 2.75) is 27.2 Å². The van der Waals surface area contributed by atoms with Gasteiger partial charge in [0, 0.05) is 12.5 Å². The first-order valence-corrected chi connectivity index (χ1v) is 5.75. The number of halogens is 1. The van der Waals surface area contributed by atoms with Crippen LogP contribution in [0.2, 0.25) is 0 Å². The molecule has 0 saturated heterocycles. The molecule has 0 heterocycles. The second-order valence-electron chi connectivity index (χ2n) is 4.12. The molecule has 0 aliphatic heterocycles. The average Bonchev–Trinajstić information content (AvgIpc) is 2.33. The van der Waals surface area contributed by atoms with Gasteiger partial charge in [-0.2, -0.15) is 0 Å². The van der Waals surface area contributed by atoms with Gasteiger partial charge in [-0.25, -0.2) is 4.39 Å². The highest BCUT2D eigenvalue weighted by molar-refractivity contribution is 5.90. The third-order valence-corrected chi connectivity index (χ3v) is 2.22. The zero-order chi connectivity index (χ0) is 13.7. The maximum Gasteiger partial charge on any atom is 0.313 e. The van der Waals surface area contributed by atoms with Crippen molar-refractivity contribution in [3.8, 4) is 5.75 Å². The van der Waals surface area contributed by atoms with Crippen LogP contribution in [-0.4, -0.2) is 11.9 Å². The Kier molecular flexibility index (Phi) is 4.83. The summed E-state index contributed by atoms with van der Waals surface area (Å²) in [6.45, 7) is 5.06. The third kappa shape index (κ3) is 3.84. The number of esters is 1. The van der Waals surface area contributed by atoms with E-state index < -0.39 is 11.8 Å². The van der Waals surface area contributed by atoms with Gasteiger partial charge in [-0.1, -0.05) is 20.8 Å². The van der Waals surface area contributed by atoms with Crippen LogP contribution >= 0.6 is 0 Å². The summed E-state index contributed by atoms with van der Waals surface area (Å²) in [4.78, 5) is 22.6. The van der Waals surface area contributed by atoms with Crippen LogP contribution in [0.5, 0.6) is 5.75 Å². The van der Waals surface area contributed by atoms with Crippen molar-refractivity contribution in [2.24, 2.45) is 5.92 Å². The van der Waals surface area contributed by atoms with Crippen LogP contribution in [0.3, 0.4) is 0 Å². The lowest BCUT2D eigenvalue weighted by Gasteiger charge is -2.09. The highest BCUT2D eigenvalue weighted by atomic mass is 19.1. The number of rotatable bonds is 4. The Labute approximate surface area is 105 Å². The van der Waals surface area contributed by atoms with Gasteiger partial charge in [-0.3, -0.25) is 9.59 Å². The molecule has 1 rings (SSSR count). The van der Waals surface area contributed by atoms with Gasteiger partial charge >= 0.3 is 5.97 Å². The van der Waals surface area contributed by atoms with Crippen molar-refractivity contribution in [3.63, 3.8) is 0 Å². The van der Waals surface area contributed by atoms with Crippen molar-refractivity contribution >= 4 is 17.6 Å². The van der Waals surface area contributed by atoms with Gasteiger partial charge < -0.3 is 10.1 Å². The van der Waals surface area contributed by atoms with Crippen LogP contribution < -0.4 is 10.1 Å². The van der Waals surface area contributed by atoms with Gasteiger partial charge in [-0.05, 0) is 12.1 Å². The minimum atomic E-state index is -0.568. The lowest BCUT2D eigenvalue weighted by molar-refractivity contribution is -0.137. The molecular formula is C13H16FNO3. The third-order valence-electron chi connectivity index (χ3n) is 2.22. The summed E-state index contributed by atoms with van der Waals surface area (Å²) in [6, 6.07) is 3.79. The molecule has 1 aromatic carbocycles. The molecule has 0 aliphatic carbocycles. The Hall–Kier alpha value is -1.91. The lowest BCUT2D eigenvalue weighted by Crippen LogP contribution is -2.15. The van der Waals surface area contributed by atoms with Crippen LogP contribution in [0.4, 0.5) is 10.1 Å². The number of carbonyl (C=O) groups is 2. The summed E-state index contributed by atoms with van der Waals surface area (Å²) in [6.07, 6.45) is 0.245. The summed E-state index contributed by atoms with van der Waals surface area (Å²) < 4.78 is 18.4. The largest absolute Gasteiger partial charge is 0.426 e. The molecule has 0 radical (unpaired) electrons. The van der Waals surface area contributed by atoms with E-state index in [0.29, 0.717) is 0 Å². The van der Waals surface area contributed by atoms with Gasteiger partial charge in [0.25, 0.3) is 0 Å². The van der Waals surface area contributed by atoms with Gasteiger partial charge in [0.2, 0.25) is 5.91 Å². The molecule has 0 saturated carbocycles. The van der Waals surface area contributed by atoms with Crippen molar-refractivity contribution in [1.82, 2.24) is 0 Å². The number of nitrogens with one attached hydrogen (secondary N) is 1. The van der Waals surface area contributed by atoms with Gasteiger partial charge in [0.15, 0.2) is 0 Å². The number of amides is 1. The van der Waals surface area contributed by atoms with Gasteiger partial charge in [-0.15, -0.1) is 0 Å². The second kappa shape index (κ2) is 6.14. The highest BCUT2D eigenvalue weighted by Crippen LogP contribution is 2.22. The van der Waals surface area contributed by atoms with E-state index in [2.05, 4.69) is 5.32 Å². The van der Waals surface area contributed by atoms with Crippen LogP contribution in [0.15, 0.2) is 18.2 Å². The van der Waals surface area contributed by atoms with Crippen LogP contribution in [0.1, 0.15) is 27.2 Å². The molecule has 98 valence electrons. The first kappa shape index (κ1) is 14.2. The number of hydrogen-bond acceptors (Lipinski definition) is 3. The van der Waals surface area contributed by atoms with Crippen LogP contribution in [-0.2, 0) is 9.59 Å². The van der Waals surface area contributed by atoms with E-state index in [-0.39, 0.29) is 29.7 Å². The second-order valence-corrected chi connectivity index (χ2v) is 4.12. The minimum Gasteiger partial charge on any atom is -0.426 e. The highest BCUT2D eigenvalue weighted by Gasteiger charge is 2.12. The molecule has 0 atom stereocenters. The molecule has 1 aromatic rings. The Morgan fingerprint density at radius 1 is 1.39 bits per heavy atom. The minimum absolute atomic E-state index is 0.0101. The number of hydrogen-bond donors (Lipinski definition) is 1. The van der Waals surface area contributed by atoms with Crippen molar-refractivity contribution in [1.29, 1.82) is 0 Å². The van der Waals surface area contributed by atoms with Gasteiger partial charge in [0.1, 0.15) is 11.6 Å². The predicted molar refractivity (Wildman–Crippen MR) is 65.8 cm³/mol. The fourth-order valence-electron chi connectivity index (χ4n) is 1.14. The van der Waals surface area contributed by atoms with E-state index in [0.717, 1.165) is 6.07 Å². The van der Waals surface area contributed by atoms with Crippen molar-refractivity contribution in [2.75, 3.05) is 5.32 Å². The normalized spacial score (nSPS) is 10.3. The molecule has 1 amide bonds. The molecule has 0 unspecified atom stereocenters. The summed E-state index contributed by atoms with van der Waals surface area (Å²) in [5, 5.41) is 2.40. The first-order chi connectivity index (χ1) is 8.43. The van der Waals surface area contributed by atoms with E-state index in [1.165, 1.54) is 12.1 Å². The fraction of sp³-hybridized carbons (Fsp3) is 0.385. The maximum absolute atomic E-state index is 13.4. The first-order valence-electron chi connectivity index (χ1n) is 5.75. The zero-order valence-corrected chi connectivity index (χ0v) is 10.6. The smallest absolute Gasteiger partial charge is 0.313 e. The zero-order valence-electron chi connectivity index (χ0n) is 10.6. The molecule has 4 nitrogen and oxygen atoms in total. The van der Waals surface area contributed by atoms with E-state index >= 15 is 0 Å². The van der Waals surface area contributed by atoms with E-state index in [1.807, 2.05) is 0 Å². The molecule has 18 heavy (non-hydrogen) atoms. The van der Waals surface area contributed by atoms with E-state index in [9.17, 15) is 14.0 Å². The molecule has 0 aliphatic rings. The topological polar surface area (TPSA) is 55.4 Å². The van der Waals surface area contributed by atoms with Crippen LogP contribution in [0, 0.1) is 11.7 Å². The predicted octanol–water partition coefficient (Wildman–Crippen LogP) is 2.74. The number of anilines is 1. The lowest BCUT2D eigenvalue weighted by atomic mass is 10.2. The van der Waals surface area contributed by atoms with Crippen molar-refractivity contribution < 1.29 is 18.7 Å². The SMILES string of the molecule is CCC(=O)Nc1cc(OC(=O)C(C)C)ccc1F. The van der Waals surface area contributed by atoms with Gasteiger partial charge in [0.05, 0.1) is 11.6 Å². The Balaban J connectivity index is 2.86. The fourth-order valence-corrected chi connectivity index (χ4v) is 1.14. The summed E-state index contributed by atoms with van der Waals surface area (Å²) in [5.74, 6) is -1.35. The van der Waals surface area contributed by atoms with Crippen molar-refractivity contribution in [3.05, 3.63) is 24.0 Å². The monoisotopic (exact) mass is 253 g/mol.